The molecule has 0 unspecified atom stereocenters. The van der Waals surface area contributed by atoms with Gasteiger partial charge in [0.05, 0.1) is 17.5 Å². The fourth-order valence-corrected chi connectivity index (χ4v) is 1.85. The van der Waals surface area contributed by atoms with Gasteiger partial charge in [-0.1, -0.05) is 6.07 Å². The molecule has 0 atom stereocenters. The third-order valence-electron chi connectivity index (χ3n) is 2.79. The van der Waals surface area contributed by atoms with Crippen LogP contribution in [0.4, 0.5) is 5.69 Å². The van der Waals surface area contributed by atoms with Crippen LogP contribution in [-0.4, -0.2) is 11.0 Å². The van der Waals surface area contributed by atoms with E-state index in [1.54, 1.807) is 31.4 Å². The van der Waals surface area contributed by atoms with E-state index in [-0.39, 0.29) is 11.7 Å². The second-order valence-electron chi connectivity index (χ2n) is 4.32. The predicted octanol–water partition coefficient (Wildman–Crippen LogP) is 3.16. The van der Waals surface area contributed by atoms with Crippen molar-refractivity contribution in [1.29, 1.82) is 0 Å². The number of furan rings is 1. The number of benzene rings is 1. The van der Waals surface area contributed by atoms with E-state index in [4.69, 9.17) is 4.42 Å². The van der Waals surface area contributed by atoms with E-state index in [0.717, 1.165) is 11.1 Å². The summed E-state index contributed by atoms with van der Waals surface area (Å²) in [5.74, 6) is 0.338. The highest BCUT2D eigenvalue weighted by Gasteiger charge is 2.16. The molecule has 0 bridgehead atoms. The number of hydrogen-bond acceptors (Lipinski definition) is 3. The van der Waals surface area contributed by atoms with Gasteiger partial charge in [0.1, 0.15) is 11.5 Å². The molecule has 4 nitrogen and oxygen atoms in total. The Labute approximate surface area is 105 Å². The van der Waals surface area contributed by atoms with Crippen molar-refractivity contribution in [2.75, 3.05) is 5.32 Å². The molecular weight excluding hydrogens is 230 g/mol. The molecule has 1 amide bonds. The Kier molecular flexibility index (Phi) is 3.10. The van der Waals surface area contributed by atoms with Gasteiger partial charge in [0.25, 0.3) is 5.91 Å². The monoisotopic (exact) mass is 245 g/mol. The van der Waals surface area contributed by atoms with E-state index in [2.05, 4.69) is 5.32 Å². The first-order chi connectivity index (χ1) is 8.49. The molecule has 0 saturated heterocycles. The molecule has 0 aliphatic carbocycles. The van der Waals surface area contributed by atoms with E-state index in [1.807, 2.05) is 13.8 Å². The van der Waals surface area contributed by atoms with Crippen molar-refractivity contribution >= 4 is 11.6 Å². The topological polar surface area (TPSA) is 62.5 Å². The number of hydrogen-bond donors (Lipinski definition) is 2. The second kappa shape index (κ2) is 4.56. The quantitative estimate of drug-likeness (QED) is 0.799. The number of carbonyl (C=O) groups excluding carboxylic acids is 1. The lowest BCUT2D eigenvalue weighted by molar-refractivity contribution is 0.102. The summed E-state index contributed by atoms with van der Waals surface area (Å²) >= 11 is 0. The minimum atomic E-state index is -0.278. The number of aromatic hydroxyl groups is 1. The molecule has 0 fully saturated rings. The average Bonchev–Trinajstić information content (AvgIpc) is 2.63. The number of amides is 1. The van der Waals surface area contributed by atoms with Crippen LogP contribution in [0.5, 0.6) is 5.75 Å². The SMILES string of the molecule is Cc1ccc(O)c(NC(=O)c2c(C)coc2C)c1. The number of rotatable bonds is 2. The predicted molar refractivity (Wildman–Crippen MR) is 69.0 cm³/mol. The van der Waals surface area contributed by atoms with Crippen molar-refractivity contribution in [2.24, 2.45) is 0 Å². The van der Waals surface area contributed by atoms with Crippen LogP contribution in [0.3, 0.4) is 0 Å². The van der Waals surface area contributed by atoms with Gasteiger partial charge in [0, 0.05) is 5.56 Å². The number of anilines is 1. The second-order valence-corrected chi connectivity index (χ2v) is 4.32. The smallest absolute Gasteiger partial charge is 0.259 e. The van der Waals surface area contributed by atoms with Crippen LogP contribution >= 0.6 is 0 Å². The summed E-state index contributed by atoms with van der Waals surface area (Å²) in [7, 11) is 0. The maximum Gasteiger partial charge on any atom is 0.259 e. The van der Waals surface area contributed by atoms with Gasteiger partial charge in [-0.05, 0) is 38.5 Å². The zero-order valence-electron chi connectivity index (χ0n) is 10.6. The molecule has 0 spiro atoms. The minimum absolute atomic E-state index is 0.0488. The number of nitrogens with one attached hydrogen (secondary N) is 1. The van der Waals surface area contributed by atoms with Crippen molar-refractivity contribution in [2.45, 2.75) is 20.8 Å². The summed E-state index contributed by atoms with van der Waals surface area (Å²) in [6.07, 6.45) is 1.54. The molecule has 0 saturated carbocycles. The first kappa shape index (κ1) is 12.2. The average molecular weight is 245 g/mol. The highest BCUT2D eigenvalue weighted by molar-refractivity contribution is 6.06. The lowest BCUT2D eigenvalue weighted by Gasteiger charge is -2.08. The number of phenolic OH excluding ortho intramolecular Hbond substituents is 1. The molecular formula is C14H15NO3. The van der Waals surface area contributed by atoms with Crippen molar-refractivity contribution in [1.82, 2.24) is 0 Å². The van der Waals surface area contributed by atoms with Gasteiger partial charge in [-0.3, -0.25) is 4.79 Å². The van der Waals surface area contributed by atoms with E-state index >= 15 is 0 Å². The third-order valence-corrected chi connectivity index (χ3v) is 2.79. The van der Waals surface area contributed by atoms with Gasteiger partial charge in [-0.25, -0.2) is 0 Å². The lowest BCUT2D eigenvalue weighted by Crippen LogP contribution is -2.13. The van der Waals surface area contributed by atoms with Gasteiger partial charge in [0.15, 0.2) is 0 Å². The Bertz CT molecular complexity index is 580. The summed E-state index contributed by atoms with van der Waals surface area (Å²) < 4.78 is 5.18. The molecule has 18 heavy (non-hydrogen) atoms. The Hall–Kier alpha value is -2.23. The highest BCUT2D eigenvalue weighted by atomic mass is 16.3. The summed E-state index contributed by atoms with van der Waals surface area (Å²) in [6, 6.07) is 5.05. The highest BCUT2D eigenvalue weighted by Crippen LogP contribution is 2.25. The molecule has 0 radical (unpaired) electrons. The molecule has 94 valence electrons. The molecule has 1 aromatic heterocycles. The zero-order valence-corrected chi connectivity index (χ0v) is 10.6. The van der Waals surface area contributed by atoms with Gasteiger partial charge >= 0.3 is 0 Å². The summed E-state index contributed by atoms with van der Waals surface area (Å²) in [6.45, 7) is 5.43. The first-order valence-electron chi connectivity index (χ1n) is 5.64. The molecule has 1 heterocycles. The molecule has 2 N–H and O–H groups in total. The van der Waals surface area contributed by atoms with Gasteiger partial charge in [-0.2, -0.15) is 0 Å². The normalized spacial score (nSPS) is 10.4. The molecule has 2 aromatic rings. The lowest BCUT2D eigenvalue weighted by atomic mass is 10.1. The third kappa shape index (κ3) is 2.22. The van der Waals surface area contributed by atoms with Gasteiger partial charge in [-0.15, -0.1) is 0 Å². The van der Waals surface area contributed by atoms with Crippen LogP contribution < -0.4 is 5.32 Å². The zero-order chi connectivity index (χ0) is 13.3. The van der Waals surface area contributed by atoms with E-state index in [1.165, 1.54) is 0 Å². The van der Waals surface area contributed by atoms with E-state index < -0.39 is 0 Å². The molecule has 0 aliphatic heterocycles. The van der Waals surface area contributed by atoms with Gasteiger partial charge < -0.3 is 14.8 Å². The molecule has 4 heteroatoms. The molecule has 0 aliphatic rings. The Morgan fingerprint density at radius 3 is 2.61 bits per heavy atom. The van der Waals surface area contributed by atoms with Crippen LogP contribution in [0.15, 0.2) is 28.9 Å². The Morgan fingerprint density at radius 1 is 1.28 bits per heavy atom. The molecule has 2 rings (SSSR count). The van der Waals surface area contributed by atoms with Crippen molar-refractivity contribution in [3.05, 3.63) is 46.9 Å². The largest absolute Gasteiger partial charge is 0.506 e. The maximum atomic E-state index is 12.1. The summed E-state index contributed by atoms with van der Waals surface area (Å²) in [4.78, 5) is 12.1. The summed E-state index contributed by atoms with van der Waals surface area (Å²) in [5.41, 5.74) is 2.65. The minimum Gasteiger partial charge on any atom is -0.506 e. The van der Waals surface area contributed by atoms with Crippen LogP contribution in [-0.2, 0) is 0 Å². The number of carbonyl (C=O) groups is 1. The van der Waals surface area contributed by atoms with Crippen molar-refractivity contribution in [3.63, 3.8) is 0 Å². The van der Waals surface area contributed by atoms with Crippen LogP contribution in [0.25, 0.3) is 0 Å². The van der Waals surface area contributed by atoms with Gasteiger partial charge in [0.2, 0.25) is 0 Å². The van der Waals surface area contributed by atoms with Crippen molar-refractivity contribution in [3.8, 4) is 5.75 Å². The standard InChI is InChI=1S/C14H15NO3/c1-8-4-5-12(16)11(6-8)15-14(17)13-9(2)7-18-10(13)3/h4-7,16H,1-3H3,(H,15,17). The van der Waals surface area contributed by atoms with Crippen LogP contribution in [0.1, 0.15) is 27.2 Å². The van der Waals surface area contributed by atoms with Crippen molar-refractivity contribution < 1.29 is 14.3 Å². The Balaban J connectivity index is 2.30. The molecule has 1 aromatic carbocycles. The Morgan fingerprint density at radius 2 is 2.00 bits per heavy atom. The number of phenols is 1. The van der Waals surface area contributed by atoms with Crippen LogP contribution in [0, 0.1) is 20.8 Å². The fourth-order valence-electron chi connectivity index (χ4n) is 1.85. The van der Waals surface area contributed by atoms with Crippen LogP contribution in [0.2, 0.25) is 0 Å². The van der Waals surface area contributed by atoms with E-state index in [0.29, 0.717) is 17.0 Å². The number of aryl methyl sites for hydroxylation is 3. The fraction of sp³-hybridized carbons (Fsp3) is 0.214. The first-order valence-corrected chi connectivity index (χ1v) is 5.64. The maximum absolute atomic E-state index is 12.1. The van der Waals surface area contributed by atoms with E-state index in [9.17, 15) is 9.90 Å². The summed E-state index contributed by atoms with van der Waals surface area (Å²) in [5, 5.41) is 12.4.